The van der Waals surface area contributed by atoms with E-state index < -0.39 is 6.16 Å². The summed E-state index contributed by atoms with van der Waals surface area (Å²) in [4.78, 5) is 8.33. The highest BCUT2D eigenvalue weighted by atomic mass is 16.6. The summed E-state index contributed by atoms with van der Waals surface area (Å²) in [6.45, 7) is 0. The molecule has 0 aromatic heterocycles. The molecular weight excluding hydrogens is 132 g/mol. The molecule has 1 aliphatic carbocycles. The molecule has 0 aromatic rings. The second-order valence-corrected chi connectivity index (χ2v) is 2.37. The fourth-order valence-electron chi connectivity index (χ4n) is 1.06. The lowest BCUT2D eigenvalue weighted by molar-refractivity contribution is -0.415. The minimum absolute atomic E-state index is 1.50. The Hall–Kier alpha value is -0.730. The average Bonchev–Trinajstić information content (AvgIpc) is 1.90. The standard InChI is InChI=1S/C6H12.CH2O3/c1-2-4-6-5-3-1;2-1(3)4/h1-6H2;(H2,2,3,4)/p-2. The number of carbonyl (C=O) groups is 1. The molecule has 1 aliphatic rings. The van der Waals surface area contributed by atoms with E-state index in [1.54, 1.807) is 0 Å². The molecule has 0 bridgehead atoms. The zero-order valence-corrected chi connectivity index (χ0v) is 5.97. The molecule has 10 heavy (non-hydrogen) atoms. The van der Waals surface area contributed by atoms with Crippen molar-refractivity contribution >= 4 is 6.16 Å². The van der Waals surface area contributed by atoms with Gasteiger partial charge in [-0.2, -0.15) is 0 Å². The number of carboxylic acid groups (broad SMARTS) is 2. The van der Waals surface area contributed by atoms with Crippen LogP contribution in [0.3, 0.4) is 0 Å². The molecule has 0 heterocycles. The summed E-state index contributed by atoms with van der Waals surface area (Å²) in [5.74, 6) is 0. The molecule has 0 spiro atoms. The van der Waals surface area contributed by atoms with Crippen molar-refractivity contribution in [3.63, 3.8) is 0 Å². The fraction of sp³-hybridized carbons (Fsp3) is 0.857. The van der Waals surface area contributed by atoms with Crippen LogP contribution in [0.1, 0.15) is 38.5 Å². The van der Waals surface area contributed by atoms with Crippen LogP contribution in [-0.4, -0.2) is 6.16 Å². The van der Waals surface area contributed by atoms with Gasteiger partial charge in [0.1, 0.15) is 0 Å². The summed E-state index contributed by atoms with van der Waals surface area (Å²) in [5, 5.41) is 16.7. The Kier molecular flexibility index (Phi) is 5.92. The molecule has 0 atom stereocenters. The lowest BCUT2D eigenvalue weighted by Gasteiger charge is -2.05. The molecule has 1 rings (SSSR count). The minimum Gasteiger partial charge on any atom is -0.652 e. The number of hydrogen-bond acceptors (Lipinski definition) is 3. The van der Waals surface area contributed by atoms with Crippen LogP contribution in [0.2, 0.25) is 0 Å². The minimum atomic E-state index is -2.33. The van der Waals surface area contributed by atoms with Gasteiger partial charge in [0.2, 0.25) is 0 Å². The van der Waals surface area contributed by atoms with E-state index in [1.807, 2.05) is 0 Å². The molecule has 0 aromatic carbocycles. The molecule has 60 valence electrons. The Morgan fingerprint density at radius 1 is 0.800 bits per heavy atom. The second-order valence-electron chi connectivity index (χ2n) is 2.37. The Bertz CT molecular complexity index is 71.3. The van der Waals surface area contributed by atoms with E-state index in [1.165, 1.54) is 38.5 Å². The predicted octanol–water partition coefficient (Wildman–Crippen LogP) is -0.106. The summed E-state index contributed by atoms with van der Waals surface area (Å²) in [7, 11) is 0. The quantitative estimate of drug-likeness (QED) is 0.476. The van der Waals surface area contributed by atoms with Crippen molar-refractivity contribution < 1.29 is 15.0 Å². The largest absolute Gasteiger partial charge is 0.652 e. The molecule has 0 N–H and O–H groups in total. The van der Waals surface area contributed by atoms with Crippen LogP contribution in [0.15, 0.2) is 0 Å². The first-order valence-corrected chi connectivity index (χ1v) is 3.61. The molecule has 3 nitrogen and oxygen atoms in total. The Balaban J connectivity index is 0.000000180. The lowest BCUT2D eigenvalue weighted by atomic mass is 10.0. The van der Waals surface area contributed by atoms with Crippen molar-refractivity contribution in [1.82, 2.24) is 0 Å². The third-order valence-corrected chi connectivity index (χ3v) is 1.50. The van der Waals surface area contributed by atoms with Crippen molar-refractivity contribution in [1.29, 1.82) is 0 Å². The number of hydrogen-bond donors (Lipinski definition) is 0. The molecule has 1 fully saturated rings. The third-order valence-electron chi connectivity index (χ3n) is 1.50. The fourth-order valence-corrected chi connectivity index (χ4v) is 1.06. The van der Waals surface area contributed by atoms with E-state index in [2.05, 4.69) is 0 Å². The van der Waals surface area contributed by atoms with Gasteiger partial charge in [-0.25, -0.2) is 0 Å². The summed E-state index contributed by atoms with van der Waals surface area (Å²) >= 11 is 0. The highest BCUT2D eigenvalue weighted by molar-refractivity contribution is 5.47. The molecule has 0 aliphatic heterocycles. The summed E-state index contributed by atoms with van der Waals surface area (Å²) in [6.07, 6.45) is 6.67. The van der Waals surface area contributed by atoms with Crippen molar-refractivity contribution in [2.45, 2.75) is 38.5 Å². The topological polar surface area (TPSA) is 63.2 Å². The van der Waals surface area contributed by atoms with Crippen molar-refractivity contribution in [2.75, 3.05) is 0 Å². The van der Waals surface area contributed by atoms with Gasteiger partial charge in [0, 0.05) is 0 Å². The summed E-state index contributed by atoms with van der Waals surface area (Å²) < 4.78 is 0. The lowest BCUT2D eigenvalue weighted by Crippen LogP contribution is -2.37. The normalized spacial score (nSPS) is 16.8. The molecule has 0 unspecified atom stereocenters. The van der Waals surface area contributed by atoms with Gasteiger partial charge in [0.05, 0.1) is 0 Å². The van der Waals surface area contributed by atoms with Gasteiger partial charge >= 0.3 is 0 Å². The molecule has 0 radical (unpaired) electrons. The van der Waals surface area contributed by atoms with Crippen LogP contribution >= 0.6 is 0 Å². The van der Waals surface area contributed by atoms with Gasteiger partial charge in [-0.15, -0.1) is 0 Å². The van der Waals surface area contributed by atoms with Crippen molar-refractivity contribution in [3.8, 4) is 0 Å². The molecule has 1 saturated carbocycles. The van der Waals surface area contributed by atoms with Crippen LogP contribution in [0.5, 0.6) is 0 Å². The zero-order chi connectivity index (χ0) is 7.82. The van der Waals surface area contributed by atoms with Gasteiger partial charge in [0.15, 0.2) is 0 Å². The van der Waals surface area contributed by atoms with Gasteiger partial charge in [0.25, 0.3) is 0 Å². The molecular formula is C7H12O3-2. The predicted molar refractivity (Wildman–Crippen MR) is 33.1 cm³/mol. The van der Waals surface area contributed by atoms with Crippen LogP contribution < -0.4 is 10.2 Å². The SMILES string of the molecule is C1CCCCC1.O=C([O-])[O-]. The number of rotatable bonds is 0. The first kappa shape index (κ1) is 9.27. The molecule has 0 amide bonds. The number of carbonyl (C=O) groups excluding carboxylic acids is 1. The smallest absolute Gasteiger partial charge is 0.0431 e. The van der Waals surface area contributed by atoms with Gasteiger partial charge in [-0.1, -0.05) is 38.5 Å². The van der Waals surface area contributed by atoms with E-state index in [0.29, 0.717) is 0 Å². The van der Waals surface area contributed by atoms with Crippen LogP contribution in [0, 0.1) is 0 Å². The van der Waals surface area contributed by atoms with Crippen molar-refractivity contribution in [3.05, 3.63) is 0 Å². The summed E-state index contributed by atoms with van der Waals surface area (Å²) in [6, 6.07) is 0. The average molecular weight is 144 g/mol. The van der Waals surface area contributed by atoms with Crippen LogP contribution in [0.25, 0.3) is 0 Å². The highest BCUT2D eigenvalue weighted by Gasteiger charge is 1.95. The van der Waals surface area contributed by atoms with E-state index >= 15 is 0 Å². The monoisotopic (exact) mass is 144 g/mol. The van der Waals surface area contributed by atoms with Gasteiger partial charge in [-0.3, -0.25) is 0 Å². The van der Waals surface area contributed by atoms with Crippen molar-refractivity contribution in [2.24, 2.45) is 0 Å². The third kappa shape index (κ3) is 10.3. The Morgan fingerprint density at radius 2 is 0.900 bits per heavy atom. The van der Waals surface area contributed by atoms with E-state index in [-0.39, 0.29) is 0 Å². The molecule has 3 heteroatoms. The molecule has 0 saturated heterocycles. The van der Waals surface area contributed by atoms with E-state index in [9.17, 15) is 0 Å². The maximum Gasteiger partial charge on any atom is -0.0431 e. The van der Waals surface area contributed by atoms with Gasteiger partial charge < -0.3 is 15.0 Å². The van der Waals surface area contributed by atoms with Gasteiger partial charge in [-0.05, 0) is 6.16 Å². The maximum absolute atomic E-state index is 8.33. The second kappa shape index (κ2) is 6.39. The first-order valence-electron chi connectivity index (χ1n) is 3.61. The maximum atomic E-state index is 8.33. The highest BCUT2D eigenvalue weighted by Crippen LogP contribution is 2.15. The van der Waals surface area contributed by atoms with Crippen LogP contribution in [-0.2, 0) is 0 Å². The Labute approximate surface area is 60.7 Å². The zero-order valence-electron chi connectivity index (χ0n) is 5.97. The first-order chi connectivity index (χ1) is 4.73. The van der Waals surface area contributed by atoms with E-state index in [4.69, 9.17) is 15.0 Å². The van der Waals surface area contributed by atoms with E-state index in [0.717, 1.165) is 0 Å². The van der Waals surface area contributed by atoms with Crippen LogP contribution in [0.4, 0.5) is 4.79 Å². The summed E-state index contributed by atoms with van der Waals surface area (Å²) in [5.41, 5.74) is 0. The Morgan fingerprint density at radius 3 is 1.00 bits per heavy atom.